The highest BCUT2D eigenvalue weighted by molar-refractivity contribution is 5.97. The van der Waals surface area contributed by atoms with Crippen LogP contribution in [-0.2, 0) is 16.1 Å². The van der Waals surface area contributed by atoms with Crippen LogP contribution < -0.4 is 0 Å². The van der Waals surface area contributed by atoms with Crippen LogP contribution in [0.1, 0.15) is 30.9 Å². The second kappa shape index (κ2) is 5.19. The van der Waals surface area contributed by atoms with E-state index in [1.165, 1.54) is 12.1 Å². The molecule has 0 aliphatic carbocycles. The summed E-state index contributed by atoms with van der Waals surface area (Å²) in [6, 6.07) is 5.69. The Morgan fingerprint density at radius 1 is 1.32 bits per heavy atom. The Labute approximate surface area is 110 Å². The summed E-state index contributed by atoms with van der Waals surface area (Å²) < 4.78 is 13.3. The van der Waals surface area contributed by atoms with Gasteiger partial charge in [-0.2, -0.15) is 5.26 Å². The van der Waals surface area contributed by atoms with Gasteiger partial charge in [0.15, 0.2) is 0 Å². The summed E-state index contributed by atoms with van der Waals surface area (Å²) in [5.74, 6) is -0.976. The standard InChI is InChI=1S/C14H13FN2O2/c1-9-2-13(18)17(14(19)3-9)8-11-4-10(7-16)5-12(15)6-11/h4-6,9H,2-3,8H2,1H3. The van der Waals surface area contributed by atoms with Crippen LogP contribution >= 0.6 is 0 Å². The van der Waals surface area contributed by atoms with Gasteiger partial charge in [-0.05, 0) is 29.7 Å². The van der Waals surface area contributed by atoms with Crippen molar-refractivity contribution in [3.8, 4) is 6.07 Å². The first kappa shape index (κ1) is 13.2. The van der Waals surface area contributed by atoms with Gasteiger partial charge in [-0.3, -0.25) is 14.5 Å². The summed E-state index contributed by atoms with van der Waals surface area (Å²) in [6.07, 6.45) is 0.651. The third-order valence-electron chi connectivity index (χ3n) is 3.08. The number of rotatable bonds is 2. The molecule has 2 amide bonds. The molecule has 0 unspecified atom stereocenters. The molecule has 1 aromatic rings. The molecule has 5 heteroatoms. The molecule has 0 saturated carbocycles. The van der Waals surface area contributed by atoms with Crippen LogP contribution in [0.25, 0.3) is 0 Å². The third kappa shape index (κ3) is 2.97. The lowest BCUT2D eigenvalue weighted by Crippen LogP contribution is -2.42. The predicted molar refractivity (Wildman–Crippen MR) is 65.1 cm³/mol. The molecular formula is C14H13FN2O2. The number of imide groups is 1. The van der Waals surface area contributed by atoms with Gasteiger partial charge >= 0.3 is 0 Å². The normalized spacial score (nSPS) is 16.6. The Morgan fingerprint density at radius 2 is 1.95 bits per heavy atom. The predicted octanol–water partition coefficient (Wildman–Crippen LogP) is 1.98. The third-order valence-corrected chi connectivity index (χ3v) is 3.08. The van der Waals surface area contributed by atoms with Gasteiger partial charge in [0, 0.05) is 12.8 Å². The van der Waals surface area contributed by atoms with Crippen molar-refractivity contribution < 1.29 is 14.0 Å². The SMILES string of the molecule is CC1CC(=O)N(Cc2cc(F)cc(C#N)c2)C(=O)C1. The monoisotopic (exact) mass is 260 g/mol. The lowest BCUT2D eigenvalue weighted by atomic mass is 9.97. The molecule has 98 valence electrons. The number of amides is 2. The van der Waals surface area contributed by atoms with E-state index >= 15 is 0 Å². The van der Waals surface area contributed by atoms with Crippen LogP contribution in [0.4, 0.5) is 4.39 Å². The second-order valence-corrected chi connectivity index (χ2v) is 4.85. The minimum atomic E-state index is -0.542. The van der Waals surface area contributed by atoms with Crippen molar-refractivity contribution in [1.29, 1.82) is 5.26 Å². The quantitative estimate of drug-likeness (QED) is 0.764. The zero-order valence-corrected chi connectivity index (χ0v) is 10.5. The van der Waals surface area contributed by atoms with E-state index in [1.807, 2.05) is 13.0 Å². The van der Waals surface area contributed by atoms with E-state index in [4.69, 9.17) is 5.26 Å². The number of benzene rings is 1. The minimum absolute atomic E-state index is 0.0246. The Balaban J connectivity index is 2.21. The summed E-state index contributed by atoms with van der Waals surface area (Å²) in [7, 11) is 0. The number of nitriles is 1. The summed E-state index contributed by atoms with van der Waals surface area (Å²) in [5, 5.41) is 8.77. The first-order chi connectivity index (χ1) is 8.99. The van der Waals surface area contributed by atoms with Crippen LogP contribution in [0.5, 0.6) is 0 Å². The number of likely N-dealkylation sites (tertiary alicyclic amines) is 1. The maximum absolute atomic E-state index is 13.3. The van der Waals surface area contributed by atoms with Gasteiger partial charge in [-0.1, -0.05) is 6.92 Å². The highest BCUT2D eigenvalue weighted by Crippen LogP contribution is 2.21. The lowest BCUT2D eigenvalue weighted by molar-refractivity contribution is -0.150. The highest BCUT2D eigenvalue weighted by Gasteiger charge is 2.30. The minimum Gasteiger partial charge on any atom is -0.278 e. The van der Waals surface area contributed by atoms with E-state index in [-0.39, 0.29) is 29.8 Å². The second-order valence-electron chi connectivity index (χ2n) is 4.85. The maximum atomic E-state index is 13.3. The first-order valence-corrected chi connectivity index (χ1v) is 6.02. The fraction of sp³-hybridized carbons (Fsp3) is 0.357. The molecule has 0 spiro atoms. The summed E-state index contributed by atoms with van der Waals surface area (Å²) in [5.41, 5.74) is 0.632. The Morgan fingerprint density at radius 3 is 2.53 bits per heavy atom. The van der Waals surface area contributed by atoms with Crippen molar-refractivity contribution in [1.82, 2.24) is 4.90 Å². The van der Waals surface area contributed by atoms with E-state index in [1.54, 1.807) is 0 Å². The average Bonchev–Trinajstić information content (AvgIpc) is 2.33. The summed E-state index contributed by atoms with van der Waals surface area (Å²) in [6.45, 7) is 1.87. The number of carbonyl (C=O) groups is 2. The Bertz CT molecular complexity index is 559. The van der Waals surface area contributed by atoms with Crippen molar-refractivity contribution in [2.75, 3.05) is 0 Å². The maximum Gasteiger partial charge on any atom is 0.229 e. The van der Waals surface area contributed by atoms with Gasteiger partial charge in [-0.15, -0.1) is 0 Å². The van der Waals surface area contributed by atoms with Gasteiger partial charge in [-0.25, -0.2) is 4.39 Å². The molecule has 1 heterocycles. The number of hydrogen-bond acceptors (Lipinski definition) is 3. The highest BCUT2D eigenvalue weighted by atomic mass is 19.1. The van der Waals surface area contributed by atoms with Crippen molar-refractivity contribution in [3.63, 3.8) is 0 Å². The smallest absolute Gasteiger partial charge is 0.229 e. The molecule has 0 radical (unpaired) electrons. The zero-order chi connectivity index (χ0) is 14.0. The number of piperidine rings is 1. The number of nitrogens with zero attached hydrogens (tertiary/aromatic N) is 2. The van der Waals surface area contributed by atoms with Crippen molar-refractivity contribution >= 4 is 11.8 Å². The van der Waals surface area contributed by atoms with Crippen molar-refractivity contribution in [2.45, 2.75) is 26.3 Å². The van der Waals surface area contributed by atoms with Crippen molar-refractivity contribution in [2.24, 2.45) is 5.92 Å². The first-order valence-electron chi connectivity index (χ1n) is 6.02. The molecule has 2 rings (SSSR count). The number of halogens is 1. The molecule has 1 aromatic carbocycles. The molecule has 4 nitrogen and oxygen atoms in total. The molecule has 0 N–H and O–H groups in total. The van der Waals surface area contributed by atoms with Crippen LogP contribution in [0.3, 0.4) is 0 Å². The molecule has 19 heavy (non-hydrogen) atoms. The molecule has 1 aliphatic heterocycles. The molecular weight excluding hydrogens is 247 g/mol. The van der Waals surface area contributed by atoms with E-state index in [0.29, 0.717) is 18.4 Å². The molecule has 0 bridgehead atoms. The van der Waals surface area contributed by atoms with Gasteiger partial charge in [0.25, 0.3) is 0 Å². The van der Waals surface area contributed by atoms with E-state index in [2.05, 4.69) is 0 Å². The molecule has 1 fully saturated rings. The number of hydrogen-bond donors (Lipinski definition) is 0. The van der Waals surface area contributed by atoms with Crippen LogP contribution in [0, 0.1) is 23.1 Å². The number of carbonyl (C=O) groups excluding carboxylic acids is 2. The largest absolute Gasteiger partial charge is 0.278 e. The summed E-state index contributed by atoms with van der Waals surface area (Å²) >= 11 is 0. The van der Waals surface area contributed by atoms with E-state index in [0.717, 1.165) is 11.0 Å². The molecule has 1 saturated heterocycles. The molecule has 0 aromatic heterocycles. The van der Waals surface area contributed by atoms with Crippen LogP contribution in [-0.4, -0.2) is 16.7 Å². The Hall–Kier alpha value is -2.22. The Kier molecular flexibility index (Phi) is 3.61. The van der Waals surface area contributed by atoms with Gasteiger partial charge < -0.3 is 0 Å². The van der Waals surface area contributed by atoms with Gasteiger partial charge in [0.1, 0.15) is 5.82 Å². The van der Waals surface area contributed by atoms with Crippen molar-refractivity contribution in [3.05, 3.63) is 35.1 Å². The zero-order valence-electron chi connectivity index (χ0n) is 10.5. The van der Waals surface area contributed by atoms with Crippen LogP contribution in [0.15, 0.2) is 18.2 Å². The summed E-state index contributed by atoms with van der Waals surface area (Å²) in [4.78, 5) is 24.7. The van der Waals surface area contributed by atoms with E-state index < -0.39 is 5.82 Å². The van der Waals surface area contributed by atoms with Crippen LogP contribution in [0.2, 0.25) is 0 Å². The van der Waals surface area contributed by atoms with E-state index in [9.17, 15) is 14.0 Å². The topological polar surface area (TPSA) is 61.2 Å². The average molecular weight is 260 g/mol. The molecule has 1 aliphatic rings. The fourth-order valence-electron chi connectivity index (χ4n) is 2.19. The van der Waals surface area contributed by atoms with Gasteiger partial charge in [0.2, 0.25) is 11.8 Å². The van der Waals surface area contributed by atoms with Gasteiger partial charge in [0.05, 0.1) is 18.2 Å². The lowest BCUT2D eigenvalue weighted by Gasteiger charge is -2.28. The fourth-order valence-corrected chi connectivity index (χ4v) is 2.19. The molecule has 0 atom stereocenters.